The highest BCUT2D eigenvalue weighted by molar-refractivity contribution is 5.92. The van der Waals surface area contributed by atoms with E-state index in [0.29, 0.717) is 29.6 Å². The molecule has 3 heterocycles. The first-order valence-electron chi connectivity index (χ1n) is 9.26. The van der Waals surface area contributed by atoms with E-state index in [1.54, 1.807) is 24.4 Å². The van der Waals surface area contributed by atoms with Crippen molar-refractivity contribution in [1.29, 1.82) is 0 Å². The molecule has 8 heteroatoms. The third kappa shape index (κ3) is 4.48. The van der Waals surface area contributed by atoms with Crippen LogP contribution in [0.1, 0.15) is 34.6 Å². The van der Waals surface area contributed by atoms with Crippen LogP contribution in [0.15, 0.2) is 47.2 Å². The molecule has 0 fully saturated rings. The summed E-state index contributed by atoms with van der Waals surface area (Å²) in [4.78, 5) is 21.0. The van der Waals surface area contributed by atoms with Crippen molar-refractivity contribution in [1.82, 2.24) is 15.3 Å². The van der Waals surface area contributed by atoms with Crippen LogP contribution in [0.5, 0.6) is 17.2 Å². The maximum atomic E-state index is 12.4. The Kier molecular flexibility index (Phi) is 5.33. The van der Waals surface area contributed by atoms with E-state index in [4.69, 9.17) is 18.6 Å². The van der Waals surface area contributed by atoms with Crippen LogP contribution in [0.3, 0.4) is 0 Å². The minimum absolute atomic E-state index is 0.0929. The summed E-state index contributed by atoms with van der Waals surface area (Å²) in [5, 5.41) is 2.91. The SMILES string of the molecule is Cc1cccnc1C[C@@H](C)NC(=O)c1coc(COc2ccc3c(c2)OCO3)n1. The summed E-state index contributed by atoms with van der Waals surface area (Å²) >= 11 is 0. The molecule has 2 aromatic heterocycles. The van der Waals surface area contributed by atoms with Crippen LogP contribution in [0, 0.1) is 6.92 Å². The average molecular weight is 395 g/mol. The summed E-state index contributed by atoms with van der Waals surface area (Å²) in [6, 6.07) is 9.08. The second kappa shape index (κ2) is 8.22. The topological polar surface area (TPSA) is 95.7 Å². The van der Waals surface area contributed by atoms with E-state index in [2.05, 4.69) is 15.3 Å². The number of amides is 1. The van der Waals surface area contributed by atoms with E-state index < -0.39 is 0 Å². The molecule has 0 bridgehead atoms. The molecule has 1 N–H and O–H groups in total. The number of benzene rings is 1. The van der Waals surface area contributed by atoms with Gasteiger partial charge in [-0.25, -0.2) is 4.98 Å². The molecule has 4 rings (SSSR count). The molecule has 0 saturated carbocycles. The molecule has 0 radical (unpaired) electrons. The summed E-state index contributed by atoms with van der Waals surface area (Å²) in [6.45, 7) is 4.22. The molecule has 1 aliphatic heterocycles. The highest BCUT2D eigenvalue weighted by atomic mass is 16.7. The van der Waals surface area contributed by atoms with Crippen LogP contribution >= 0.6 is 0 Å². The van der Waals surface area contributed by atoms with Gasteiger partial charge >= 0.3 is 0 Å². The van der Waals surface area contributed by atoms with Gasteiger partial charge in [-0.15, -0.1) is 0 Å². The number of carbonyl (C=O) groups excluding carboxylic acids is 1. The van der Waals surface area contributed by atoms with E-state index in [9.17, 15) is 4.79 Å². The Balaban J connectivity index is 1.31. The third-order valence-corrected chi connectivity index (χ3v) is 4.49. The van der Waals surface area contributed by atoms with Crippen LogP contribution in [0.2, 0.25) is 0 Å². The second-order valence-electron chi connectivity index (χ2n) is 6.78. The number of nitrogens with zero attached hydrogens (tertiary/aromatic N) is 2. The quantitative estimate of drug-likeness (QED) is 0.657. The zero-order valence-electron chi connectivity index (χ0n) is 16.2. The van der Waals surface area contributed by atoms with Crippen molar-refractivity contribution in [3.05, 3.63) is 65.6 Å². The fraction of sp³-hybridized carbons (Fsp3) is 0.286. The van der Waals surface area contributed by atoms with Crippen LogP contribution in [-0.4, -0.2) is 28.7 Å². The molecule has 8 nitrogen and oxygen atoms in total. The molecule has 1 aromatic carbocycles. The van der Waals surface area contributed by atoms with E-state index >= 15 is 0 Å². The highest BCUT2D eigenvalue weighted by Gasteiger charge is 2.17. The monoisotopic (exact) mass is 395 g/mol. The van der Waals surface area contributed by atoms with Gasteiger partial charge in [0.15, 0.2) is 23.8 Å². The van der Waals surface area contributed by atoms with Gasteiger partial charge < -0.3 is 23.9 Å². The Morgan fingerprint density at radius 2 is 2.14 bits per heavy atom. The lowest BCUT2D eigenvalue weighted by Gasteiger charge is -2.13. The van der Waals surface area contributed by atoms with Crippen molar-refractivity contribution in [3.8, 4) is 17.2 Å². The van der Waals surface area contributed by atoms with Crippen molar-refractivity contribution < 1.29 is 23.4 Å². The Morgan fingerprint density at radius 3 is 3.00 bits per heavy atom. The van der Waals surface area contributed by atoms with Crippen molar-refractivity contribution in [3.63, 3.8) is 0 Å². The van der Waals surface area contributed by atoms with Gasteiger partial charge in [-0.05, 0) is 37.6 Å². The Hall–Kier alpha value is -3.55. The fourth-order valence-electron chi connectivity index (χ4n) is 2.96. The number of pyridine rings is 1. The predicted octanol–water partition coefficient (Wildman–Crippen LogP) is 3.05. The number of rotatable bonds is 7. The van der Waals surface area contributed by atoms with Crippen LogP contribution < -0.4 is 19.5 Å². The van der Waals surface area contributed by atoms with Crippen molar-refractivity contribution in [2.75, 3.05) is 6.79 Å². The largest absolute Gasteiger partial charge is 0.484 e. The molecule has 1 aliphatic rings. The van der Waals surface area contributed by atoms with Gasteiger partial charge in [0.2, 0.25) is 12.7 Å². The molecular formula is C21H21N3O5. The second-order valence-corrected chi connectivity index (χ2v) is 6.78. The van der Waals surface area contributed by atoms with Gasteiger partial charge in [-0.1, -0.05) is 6.07 Å². The van der Waals surface area contributed by atoms with Crippen LogP contribution in [-0.2, 0) is 13.0 Å². The number of hydrogen-bond acceptors (Lipinski definition) is 7. The van der Waals surface area contributed by atoms with Gasteiger partial charge in [-0.3, -0.25) is 9.78 Å². The summed E-state index contributed by atoms with van der Waals surface area (Å²) < 4.78 is 21.6. The number of fused-ring (bicyclic) bond motifs is 1. The normalized spacial score (nSPS) is 13.2. The lowest BCUT2D eigenvalue weighted by Crippen LogP contribution is -2.34. The predicted molar refractivity (Wildman–Crippen MR) is 103 cm³/mol. The molecule has 0 unspecified atom stereocenters. The summed E-state index contributed by atoms with van der Waals surface area (Å²) in [5.74, 6) is 1.91. The lowest BCUT2D eigenvalue weighted by atomic mass is 10.1. The lowest BCUT2D eigenvalue weighted by molar-refractivity contribution is 0.0934. The number of hydrogen-bond donors (Lipinski definition) is 1. The maximum absolute atomic E-state index is 12.4. The number of oxazole rings is 1. The molecule has 1 amide bonds. The number of ether oxygens (including phenoxy) is 3. The summed E-state index contributed by atoms with van der Waals surface area (Å²) in [6.07, 6.45) is 3.71. The minimum atomic E-state index is -0.302. The maximum Gasteiger partial charge on any atom is 0.273 e. The van der Waals surface area contributed by atoms with Gasteiger partial charge in [0, 0.05) is 30.4 Å². The summed E-state index contributed by atoms with van der Waals surface area (Å²) in [7, 11) is 0. The standard InChI is InChI=1S/C21H21N3O5/c1-13-4-3-7-22-16(13)8-14(2)23-21(25)17-10-27-20(24-17)11-26-15-5-6-18-19(9-15)29-12-28-18/h3-7,9-10,14H,8,11-12H2,1-2H3,(H,23,25)/t14-/m1/s1. The van der Waals surface area contributed by atoms with Crippen LogP contribution in [0.4, 0.5) is 0 Å². The first-order chi connectivity index (χ1) is 14.1. The average Bonchev–Trinajstić information content (AvgIpc) is 3.37. The van der Waals surface area contributed by atoms with Crippen molar-refractivity contribution in [2.45, 2.75) is 32.9 Å². The smallest absolute Gasteiger partial charge is 0.273 e. The number of carbonyl (C=O) groups is 1. The molecule has 150 valence electrons. The Bertz CT molecular complexity index is 1020. The minimum Gasteiger partial charge on any atom is -0.484 e. The Labute approximate surface area is 167 Å². The molecule has 0 spiro atoms. The zero-order valence-corrected chi connectivity index (χ0v) is 16.2. The van der Waals surface area contributed by atoms with E-state index in [1.807, 2.05) is 26.0 Å². The van der Waals surface area contributed by atoms with Gasteiger partial charge in [0.1, 0.15) is 12.0 Å². The highest BCUT2D eigenvalue weighted by Crippen LogP contribution is 2.35. The fourth-order valence-corrected chi connectivity index (χ4v) is 2.96. The van der Waals surface area contributed by atoms with E-state index in [0.717, 1.165) is 11.3 Å². The summed E-state index contributed by atoms with van der Waals surface area (Å²) in [5.41, 5.74) is 2.26. The first-order valence-corrected chi connectivity index (χ1v) is 9.26. The molecule has 0 aliphatic carbocycles. The van der Waals surface area contributed by atoms with Crippen LogP contribution in [0.25, 0.3) is 0 Å². The molecule has 3 aromatic rings. The van der Waals surface area contributed by atoms with Gasteiger partial charge in [0.25, 0.3) is 5.91 Å². The zero-order chi connectivity index (χ0) is 20.2. The molecular weight excluding hydrogens is 374 g/mol. The van der Waals surface area contributed by atoms with E-state index in [1.165, 1.54) is 6.26 Å². The third-order valence-electron chi connectivity index (χ3n) is 4.49. The number of aryl methyl sites for hydroxylation is 1. The molecule has 1 atom stereocenters. The number of aromatic nitrogens is 2. The molecule has 29 heavy (non-hydrogen) atoms. The Morgan fingerprint density at radius 1 is 1.28 bits per heavy atom. The van der Waals surface area contributed by atoms with Gasteiger partial charge in [-0.2, -0.15) is 0 Å². The van der Waals surface area contributed by atoms with Gasteiger partial charge in [0.05, 0.1) is 0 Å². The first kappa shape index (κ1) is 18.8. The van der Waals surface area contributed by atoms with E-state index in [-0.39, 0.29) is 31.0 Å². The number of nitrogens with one attached hydrogen (secondary N) is 1. The van der Waals surface area contributed by atoms with Crippen molar-refractivity contribution in [2.24, 2.45) is 0 Å². The molecule has 0 saturated heterocycles. The van der Waals surface area contributed by atoms with Crippen molar-refractivity contribution >= 4 is 5.91 Å².